The van der Waals surface area contributed by atoms with Crippen LogP contribution in [0, 0.1) is 17.3 Å². The summed E-state index contributed by atoms with van der Waals surface area (Å²) < 4.78 is 0. The molecule has 1 aliphatic rings. The molecule has 2 atom stereocenters. The van der Waals surface area contributed by atoms with Crippen molar-refractivity contribution in [2.24, 2.45) is 17.3 Å². The lowest BCUT2D eigenvalue weighted by atomic mass is 9.74. The van der Waals surface area contributed by atoms with Gasteiger partial charge in [-0.25, -0.2) is 0 Å². The molecule has 1 fully saturated rings. The fourth-order valence-corrected chi connectivity index (χ4v) is 2.46. The molecule has 0 radical (unpaired) electrons. The van der Waals surface area contributed by atoms with Crippen molar-refractivity contribution in [3.63, 3.8) is 0 Å². The molecular formula is C13H26. The molecule has 0 aromatic carbocycles. The number of hydrogen-bond acceptors (Lipinski definition) is 0. The van der Waals surface area contributed by atoms with E-state index in [-0.39, 0.29) is 0 Å². The molecular weight excluding hydrogens is 156 g/mol. The molecule has 0 bridgehead atoms. The van der Waals surface area contributed by atoms with Gasteiger partial charge in [0.05, 0.1) is 0 Å². The van der Waals surface area contributed by atoms with Gasteiger partial charge in [0.25, 0.3) is 0 Å². The molecule has 0 saturated heterocycles. The van der Waals surface area contributed by atoms with Crippen molar-refractivity contribution in [2.75, 3.05) is 0 Å². The monoisotopic (exact) mass is 182 g/mol. The molecule has 0 N–H and O–H groups in total. The van der Waals surface area contributed by atoms with Crippen LogP contribution in [0.4, 0.5) is 0 Å². The summed E-state index contributed by atoms with van der Waals surface area (Å²) in [5, 5.41) is 0. The fourth-order valence-electron chi connectivity index (χ4n) is 2.46. The minimum Gasteiger partial charge on any atom is -0.0625 e. The first-order chi connectivity index (χ1) is 6.02. The van der Waals surface area contributed by atoms with E-state index in [9.17, 15) is 0 Å². The third kappa shape index (κ3) is 3.32. The average molecular weight is 182 g/mol. The predicted molar refractivity (Wildman–Crippen MR) is 59.8 cm³/mol. The lowest BCUT2D eigenvalue weighted by Gasteiger charge is -2.31. The average Bonchev–Trinajstić information content (AvgIpc) is 2.06. The fraction of sp³-hybridized carbons (Fsp3) is 1.00. The van der Waals surface area contributed by atoms with E-state index in [1.54, 1.807) is 0 Å². The summed E-state index contributed by atoms with van der Waals surface area (Å²) in [4.78, 5) is 0. The molecule has 1 saturated carbocycles. The molecule has 2 unspecified atom stereocenters. The minimum absolute atomic E-state index is 0.587. The summed E-state index contributed by atoms with van der Waals surface area (Å²) in [5.41, 5.74) is 0.587. The van der Waals surface area contributed by atoms with E-state index in [2.05, 4.69) is 27.7 Å². The minimum atomic E-state index is 0.587. The molecule has 0 heteroatoms. The zero-order chi connectivity index (χ0) is 9.90. The van der Waals surface area contributed by atoms with Gasteiger partial charge in [-0.1, -0.05) is 59.8 Å². The molecule has 1 aliphatic carbocycles. The van der Waals surface area contributed by atoms with Crippen LogP contribution in [0.25, 0.3) is 0 Å². The van der Waals surface area contributed by atoms with Gasteiger partial charge in [0, 0.05) is 0 Å². The Morgan fingerprint density at radius 3 is 2.23 bits per heavy atom. The van der Waals surface area contributed by atoms with Crippen LogP contribution in [0.3, 0.4) is 0 Å². The Morgan fingerprint density at radius 2 is 1.54 bits per heavy atom. The zero-order valence-corrected chi connectivity index (χ0v) is 9.90. The maximum Gasteiger partial charge on any atom is -0.0329 e. The van der Waals surface area contributed by atoms with Crippen LogP contribution in [-0.2, 0) is 0 Å². The van der Waals surface area contributed by atoms with Crippen molar-refractivity contribution in [1.82, 2.24) is 0 Å². The molecule has 0 aromatic heterocycles. The molecule has 0 aromatic rings. The van der Waals surface area contributed by atoms with Gasteiger partial charge in [-0.2, -0.15) is 0 Å². The van der Waals surface area contributed by atoms with Crippen molar-refractivity contribution in [2.45, 2.75) is 66.2 Å². The Bertz CT molecular complexity index is 146. The predicted octanol–water partition coefficient (Wildman–Crippen LogP) is 4.64. The Labute approximate surface area is 84.1 Å². The third-order valence-corrected chi connectivity index (χ3v) is 4.19. The van der Waals surface area contributed by atoms with Crippen LogP contribution in [0.15, 0.2) is 0 Å². The van der Waals surface area contributed by atoms with E-state index >= 15 is 0 Å². The summed E-state index contributed by atoms with van der Waals surface area (Å²) in [7, 11) is 0. The van der Waals surface area contributed by atoms with Crippen molar-refractivity contribution in [1.29, 1.82) is 0 Å². The Morgan fingerprint density at radius 1 is 0.923 bits per heavy atom. The lowest BCUT2D eigenvalue weighted by molar-refractivity contribution is 0.197. The molecule has 0 nitrogen and oxygen atoms in total. The number of hydrogen-bond donors (Lipinski definition) is 0. The van der Waals surface area contributed by atoms with Crippen LogP contribution in [0.5, 0.6) is 0 Å². The summed E-state index contributed by atoms with van der Waals surface area (Å²) in [6, 6.07) is 0. The van der Waals surface area contributed by atoms with Crippen LogP contribution in [0.2, 0.25) is 0 Å². The van der Waals surface area contributed by atoms with Gasteiger partial charge in [-0.15, -0.1) is 0 Å². The van der Waals surface area contributed by atoms with E-state index < -0.39 is 0 Å². The first kappa shape index (κ1) is 11.1. The highest BCUT2D eigenvalue weighted by Crippen LogP contribution is 2.38. The highest BCUT2D eigenvalue weighted by Gasteiger charge is 2.26. The van der Waals surface area contributed by atoms with E-state index in [0.29, 0.717) is 5.41 Å². The summed E-state index contributed by atoms with van der Waals surface area (Å²) >= 11 is 0. The molecule has 13 heavy (non-hydrogen) atoms. The van der Waals surface area contributed by atoms with Gasteiger partial charge in [0.1, 0.15) is 0 Å². The van der Waals surface area contributed by atoms with Gasteiger partial charge in [-0.05, 0) is 23.7 Å². The van der Waals surface area contributed by atoms with Crippen molar-refractivity contribution < 1.29 is 0 Å². The lowest BCUT2D eigenvalue weighted by Crippen LogP contribution is -2.21. The van der Waals surface area contributed by atoms with Crippen LogP contribution < -0.4 is 0 Å². The van der Waals surface area contributed by atoms with E-state index in [1.807, 2.05) is 0 Å². The second kappa shape index (κ2) is 4.48. The third-order valence-electron chi connectivity index (χ3n) is 4.19. The van der Waals surface area contributed by atoms with E-state index in [0.717, 1.165) is 11.8 Å². The smallest absolute Gasteiger partial charge is 0.0329 e. The van der Waals surface area contributed by atoms with Crippen molar-refractivity contribution in [3.05, 3.63) is 0 Å². The maximum absolute atomic E-state index is 2.45. The first-order valence-electron chi connectivity index (χ1n) is 6.02. The van der Waals surface area contributed by atoms with Crippen molar-refractivity contribution in [3.8, 4) is 0 Å². The van der Waals surface area contributed by atoms with Crippen LogP contribution >= 0.6 is 0 Å². The molecule has 0 aliphatic heterocycles. The second-order valence-electron chi connectivity index (χ2n) is 5.82. The highest BCUT2D eigenvalue weighted by atomic mass is 14.3. The van der Waals surface area contributed by atoms with Gasteiger partial charge >= 0.3 is 0 Å². The quantitative estimate of drug-likeness (QED) is 0.512. The summed E-state index contributed by atoms with van der Waals surface area (Å²) in [5.74, 6) is 1.89. The van der Waals surface area contributed by atoms with Gasteiger partial charge in [0.2, 0.25) is 0 Å². The SMILES string of the molecule is CC1CCCC(C)C(C)(C)CCC1. The van der Waals surface area contributed by atoms with Gasteiger partial charge in [0.15, 0.2) is 0 Å². The Balaban J connectivity index is 2.51. The van der Waals surface area contributed by atoms with Crippen LogP contribution in [-0.4, -0.2) is 0 Å². The Hall–Kier alpha value is 0. The standard InChI is InChI=1S/C13H26/c1-11-7-5-9-12(2)13(3,4)10-6-8-11/h11-12H,5-10H2,1-4H3. The molecule has 0 amide bonds. The van der Waals surface area contributed by atoms with Gasteiger partial charge < -0.3 is 0 Å². The zero-order valence-electron chi connectivity index (χ0n) is 9.90. The van der Waals surface area contributed by atoms with Crippen LogP contribution in [0.1, 0.15) is 66.2 Å². The largest absolute Gasteiger partial charge is 0.0625 e. The Kier molecular flexibility index (Phi) is 3.82. The summed E-state index contributed by atoms with van der Waals surface area (Å²) in [6.45, 7) is 9.76. The number of rotatable bonds is 0. The van der Waals surface area contributed by atoms with Crippen molar-refractivity contribution >= 4 is 0 Å². The summed E-state index contributed by atoms with van der Waals surface area (Å²) in [6.07, 6.45) is 8.68. The van der Waals surface area contributed by atoms with E-state index in [1.165, 1.54) is 38.5 Å². The molecule has 0 heterocycles. The topological polar surface area (TPSA) is 0 Å². The molecule has 1 rings (SSSR count). The molecule has 78 valence electrons. The van der Waals surface area contributed by atoms with E-state index in [4.69, 9.17) is 0 Å². The highest BCUT2D eigenvalue weighted by molar-refractivity contribution is 4.77. The second-order valence-corrected chi connectivity index (χ2v) is 5.82. The first-order valence-corrected chi connectivity index (χ1v) is 6.02. The van der Waals surface area contributed by atoms with Gasteiger partial charge in [-0.3, -0.25) is 0 Å². The normalized spacial score (nSPS) is 36.0. The maximum atomic E-state index is 2.45. The molecule has 0 spiro atoms.